The molecule has 1 aromatic rings. The Labute approximate surface area is 128 Å². The second-order valence-electron chi connectivity index (χ2n) is 5.72. The van der Waals surface area contributed by atoms with Crippen molar-refractivity contribution >= 4 is 21.6 Å². The van der Waals surface area contributed by atoms with Crippen molar-refractivity contribution in [2.45, 2.75) is 39.2 Å². The minimum absolute atomic E-state index is 0.0570. The van der Waals surface area contributed by atoms with Gasteiger partial charge in [-0.1, -0.05) is 0 Å². The normalized spacial score (nSPS) is 19.6. The third-order valence-electron chi connectivity index (χ3n) is 3.85. The molecule has 2 N–H and O–H groups in total. The molecule has 1 saturated heterocycles. The highest BCUT2D eigenvalue weighted by Crippen LogP contribution is 2.28. The molecule has 1 fully saturated rings. The Morgan fingerprint density at radius 2 is 2.30 bits per heavy atom. The highest BCUT2D eigenvalue weighted by atomic mass is 79.9. The van der Waals surface area contributed by atoms with E-state index in [2.05, 4.69) is 25.9 Å². The maximum absolute atomic E-state index is 12.3. The van der Waals surface area contributed by atoms with E-state index in [1.807, 2.05) is 13.8 Å². The van der Waals surface area contributed by atoms with Gasteiger partial charge in [0.25, 0.3) is 5.56 Å². The second-order valence-corrected chi connectivity index (χ2v) is 6.51. The number of hydrogen-bond acceptors (Lipinski definition) is 4. The van der Waals surface area contributed by atoms with Crippen LogP contribution in [0.15, 0.2) is 15.5 Å². The molecule has 0 bridgehead atoms. The summed E-state index contributed by atoms with van der Waals surface area (Å²) in [6.07, 6.45) is 5.22. The lowest BCUT2D eigenvalue weighted by atomic mass is 9.94. The molecule has 1 unspecified atom stereocenters. The maximum atomic E-state index is 12.3. The van der Waals surface area contributed by atoms with Gasteiger partial charge in [-0.15, -0.1) is 0 Å². The summed E-state index contributed by atoms with van der Waals surface area (Å²) < 4.78 is 2.13. The Balaban J connectivity index is 2.25. The fraction of sp³-hybridized carbons (Fsp3) is 0.714. The standard InChI is InChI=1S/C14H23BrN4O/c1-10(2)19-14(20)13(15)12(8-17-19)18-7-3-4-11(9-18)5-6-16/h8,10-11H,3-7,9,16H2,1-2H3. The van der Waals surface area contributed by atoms with Crippen molar-refractivity contribution in [2.75, 3.05) is 24.5 Å². The van der Waals surface area contributed by atoms with Crippen LogP contribution in [0.1, 0.15) is 39.2 Å². The van der Waals surface area contributed by atoms with E-state index in [1.54, 1.807) is 6.20 Å². The first-order chi connectivity index (χ1) is 9.54. The van der Waals surface area contributed by atoms with E-state index >= 15 is 0 Å². The van der Waals surface area contributed by atoms with Gasteiger partial charge in [-0.3, -0.25) is 4.79 Å². The summed E-state index contributed by atoms with van der Waals surface area (Å²) in [5.41, 5.74) is 6.51. The SMILES string of the molecule is CC(C)n1ncc(N2CCCC(CCN)C2)c(Br)c1=O. The van der Waals surface area contributed by atoms with Crippen LogP contribution in [0, 0.1) is 5.92 Å². The predicted octanol–water partition coefficient (Wildman–Crippen LogP) is 2.15. The first-order valence-corrected chi connectivity index (χ1v) is 8.06. The zero-order chi connectivity index (χ0) is 14.7. The van der Waals surface area contributed by atoms with Gasteiger partial charge in [0, 0.05) is 13.1 Å². The average molecular weight is 343 g/mol. The van der Waals surface area contributed by atoms with Crippen LogP contribution in [0.4, 0.5) is 5.69 Å². The molecule has 0 radical (unpaired) electrons. The van der Waals surface area contributed by atoms with E-state index in [4.69, 9.17) is 5.73 Å². The number of halogens is 1. The summed E-state index contributed by atoms with van der Waals surface area (Å²) in [4.78, 5) is 14.5. The summed E-state index contributed by atoms with van der Waals surface area (Å²) in [6, 6.07) is 0.0687. The number of rotatable bonds is 4. The molecule has 6 heteroatoms. The Bertz CT molecular complexity index is 512. The number of hydrogen-bond donors (Lipinski definition) is 1. The molecule has 20 heavy (non-hydrogen) atoms. The van der Waals surface area contributed by atoms with Crippen molar-refractivity contribution in [3.63, 3.8) is 0 Å². The van der Waals surface area contributed by atoms with Gasteiger partial charge in [0.1, 0.15) is 4.47 Å². The number of aromatic nitrogens is 2. The van der Waals surface area contributed by atoms with E-state index in [-0.39, 0.29) is 11.6 Å². The number of nitrogens with zero attached hydrogens (tertiary/aromatic N) is 3. The van der Waals surface area contributed by atoms with Crippen molar-refractivity contribution in [1.29, 1.82) is 0 Å². The van der Waals surface area contributed by atoms with Crippen molar-refractivity contribution in [2.24, 2.45) is 11.7 Å². The fourth-order valence-corrected chi connectivity index (χ4v) is 3.31. The second kappa shape index (κ2) is 6.72. The first kappa shape index (κ1) is 15.5. The quantitative estimate of drug-likeness (QED) is 0.910. The zero-order valence-electron chi connectivity index (χ0n) is 12.2. The summed E-state index contributed by atoms with van der Waals surface area (Å²) in [7, 11) is 0. The van der Waals surface area contributed by atoms with E-state index in [0.29, 0.717) is 10.4 Å². The minimum Gasteiger partial charge on any atom is -0.369 e. The monoisotopic (exact) mass is 342 g/mol. The lowest BCUT2D eigenvalue weighted by Crippen LogP contribution is -2.38. The number of anilines is 1. The summed E-state index contributed by atoms with van der Waals surface area (Å²) >= 11 is 3.45. The average Bonchev–Trinajstić information content (AvgIpc) is 2.42. The first-order valence-electron chi connectivity index (χ1n) is 7.27. The van der Waals surface area contributed by atoms with Crippen LogP contribution in [0.5, 0.6) is 0 Å². The molecule has 0 aliphatic carbocycles. The fourth-order valence-electron chi connectivity index (χ4n) is 2.78. The molecular weight excluding hydrogens is 320 g/mol. The van der Waals surface area contributed by atoms with Crippen molar-refractivity contribution in [3.05, 3.63) is 21.0 Å². The zero-order valence-corrected chi connectivity index (χ0v) is 13.8. The third kappa shape index (κ3) is 3.23. The molecule has 2 heterocycles. The predicted molar refractivity (Wildman–Crippen MR) is 85.2 cm³/mol. The summed E-state index contributed by atoms with van der Waals surface area (Å²) in [5, 5.41) is 4.29. The Morgan fingerprint density at radius 1 is 1.55 bits per heavy atom. The lowest BCUT2D eigenvalue weighted by Gasteiger charge is -2.34. The van der Waals surface area contributed by atoms with Crippen LogP contribution in [0.3, 0.4) is 0 Å². The van der Waals surface area contributed by atoms with E-state index in [1.165, 1.54) is 11.1 Å². The van der Waals surface area contributed by atoms with Crippen LogP contribution in [0.25, 0.3) is 0 Å². The molecule has 0 spiro atoms. The van der Waals surface area contributed by atoms with Gasteiger partial charge in [0.2, 0.25) is 0 Å². The van der Waals surface area contributed by atoms with Gasteiger partial charge < -0.3 is 10.6 Å². The van der Waals surface area contributed by atoms with E-state index in [0.717, 1.165) is 38.2 Å². The molecule has 1 aliphatic heterocycles. The molecule has 0 amide bonds. The minimum atomic E-state index is -0.0570. The van der Waals surface area contributed by atoms with Crippen LogP contribution in [-0.4, -0.2) is 29.4 Å². The topological polar surface area (TPSA) is 64.2 Å². The lowest BCUT2D eigenvalue weighted by molar-refractivity contribution is 0.394. The van der Waals surface area contributed by atoms with Gasteiger partial charge in [-0.25, -0.2) is 4.68 Å². The third-order valence-corrected chi connectivity index (χ3v) is 4.59. The van der Waals surface area contributed by atoms with Gasteiger partial charge in [0.15, 0.2) is 0 Å². The molecule has 0 saturated carbocycles. The molecule has 1 atom stereocenters. The maximum Gasteiger partial charge on any atom is 0.283 e. The smallest absolute Gasteiger partial charge is 0.283 e. The summed E-state index contributed by atoms with van der Waals surface area (Å²) in [5.74, 6) is 0.619. The highest BCUT2D eigenvalue weighted by Gasteiger charge is 2.23. The molecule has 1 aliphatic rings. The van der Waals surface area contributed by atoms with Gasteiger partial charge >= 0.3 is 0 Å². The van der Waals surface area contributed by atoms with Gasteiger partial charge in [0.05, 0.1) is 17.9 Å². The van der Waals surface area contributed by atoms with E-state index in [9.17, 15) is 4.79 Å². The van der Waals surface area contributed by atoms with Crippen molar-refractivity contribution in [3.8, 4) is 0 Å². The van der Waals surface area contributed by atoms with Crippen molar-refractivity contribution < 1.29 is 0 Å². The van der Waals surface area contributed by atoms with Crippen LogP contribution < -0.4 is 16.2 Å². The molecule has 1 aromatic heterocycles. The summed E-state index contributed by atoms with van der Waals surface area (Å²) in [6.45, 7) is 6.58. The molecular formula is C14H23BrN4O. The molecule has 5 nitrogen and oxygen atoms in total. The Hall–Kier alpha value is -0.880. The van der Waals surface area contributed by atoms with Crippen molar-refractivity contribution in [1.82, 2.24) is 9.78 Å². The van der Waals surface area contributed by atoms with Crippen LogP contribution in [-0.2, 0) is 0 Å². The molecule has 112 valence electrons. The van der Waals surface area contributed by atoms with Gasteiger partial charge in [-0.2, -0.15) is 5.10 Å². The Kier molecular flexibility index (Phi) is 5.21. The molecule has 2 rings (SSSR count). The Morgan fingerprint density at radius 3 is 2.95 bits per heavy atom. The van der Waals surface area contributed by atoms with Crippen LogP contribution in [0.2, 0.25) is 0 Å². The van der Waals surface area contributed by atoms with Crippen LogP contribution >= 0.6 is 15.9 Å². The number of nitrogens with two attached hydrogens (primary N) is 1. The van der Waals surface area contributed by atoms with Gasteiger partial charge in [-0.05, 0) is 61.5 Å². The largest absolute Gasteiger partial charge is 0.369 e. The molecule has 0 aromatic carbocycles. The highest BCUT2D eigenvalue weighted by molar-refractivity contribution is 9.10. The van der Waals surface area contributed by atoms with E-state index < -0.39 is 0 Å². The number of piperidine rings is 1.